The minimum atomic E-state index is -0.811. The van der Waals surface area contributed by atoms with Gasteiger partial charge in [-0.1, -0.05) is 20.1 Å². The second-order valence-corrected chi connectivity index (χ2v) is 5.86. The topological polar surface area (TPSA) is 102 Å². The molecule has 0 fully saturated rings. The van der Waals surface area contributed by atoms with Crippen molar-refractivity contribution in [2.24, 2.45) is 5.41 Å². The lowest BCUT2D eigenvalue weighted by Gasteiger charge is -2.30. The summed E-state index contributed by atoms with van der Waals surface area (Å²) in [7, 11) is 0. The molecule has 0 saturated carbocycles. The molecule has 0 rings (SSSR count). The largest absolute Gasteiger partial charge is 0.459 e. The highest BCUT2D eigenvalue weighted by Gasteiger charge is 2.29. The molecule has 0 saturated heterocycles. The lowest BCUT2D eigenvalue weighted by molar-refractivity contribution is -0.154. The van der Waals surface area contributed by atoms with Crippen molar-refractivity contribution in [1.29, 1.82) is 0 Å². The summed E-state index contributed by atoms with van der Waals surface area (Å²) in [6.45, 7) is 11.0. The number of hydrogen-bond donors (Lipinski definition) is 2. The normalized spacial score (nSPS) is 11.2. The van der Waals surface area contributed by atoms with Crippen LogP contribution < -0.4 is 0 Å². The Hall–Kier alpha value is -1.70. The molecule has 138 valence electrons. The van der Waals surface area contributed by atoms with Gasteiger partial charge in [0.15, 0.2) is 0 Å². The average molecular weight is 344 g/mol. The quantitative estimate of drug-likeness (QED) is 0.402. The molecule has 0 unspecified atom stereocenters. The van der Waals surface area contributed by atoms with Gasteiger partial charge in [-0.15, -0.1) is 0 Å². The van der Waals surface area contributed by atoms with Crippen LogP contribution in [-0.2, 0) is 23.8 Å². The van der Waals surface area contributed by atoms with Crippen molar-refractivity contribution in [3.8, 4) is 0 Å². The second kappa shape index (κ2) is 11.0. The molecule has 0 aliphatic rings. The van der Waals surface area contributed by atoms with E-state index in [1.807, 2.05) is 6.92 Å². The molecule has 7 nitrogen and oxygen atoms in total. The number of carbonyl (C=O) groups is 2. The highest BCUT2D eigenvalue weighted by atomic mass is 16.6. The predicted molar refractivity (Wildman–Crippen MR) is 88.2 cm³/mol. The molecule has 2 N–H and O–H groups in total. The average Bonchev–Trinajstić information content (AvgIpc) is 2.57. The summed E-state index contributed by atoms with van der Waals surface area (Å²) in [6, 6.07) is 0. The number of rotatable bonds is 12. The highest BCUT2D eigenvalue weighted by molar-refractivity contribution is 5.87. The third-order valence-corrected chi connectivity index (χ3v) is 3.54. The van der Waals surface area contributed by atoms with E-state index in [2.05, 4.69) is 13.2 Å². The van der Waals surface area contributed by atoms with Gasteiger partial charge in [-0.05, 0) is 20.3 Å². The molecule has 0 aromatic heterocycles. The van der Waals surface area contributed by atoms with Gasteiger partial charge in [-0.25, -0.2) is 9.59 Å². The number of hydrogen-bond acceptors (Lipinski definition) is 7. The van der Waals surface area contributed by atoms with Gasteiger partial charge in [0, 0.05) is 16.6 Å². The third kappa shape index (κ3) is 7.72. The lowest BCUT2D eigenvalue weighted by atomic mass is 9.88. The first kappa shape index (κ1) is 22.3. The first-order valence-electron chi connectivity index (χ1n) is 7.70. The Kier molecular flexibility index (Phi) is 10.2. The van der Waals surface area contributed by atoms with Crippen molar-refractivity contribution in [1.82, 2.24) is 0 Å². The summed E-state index contributed by atoms with van der Waals surface area (Å²) in [6.07, 6.45) is -0.246. The Bertz CT molecular complexity index is 414. The number of esters is 2. The van der Waals surface area contributed by atoms with E-state index in [0.717, 1.165) is 0 Å². The summed E-state index contributed by atoms with van der Waals surface area (Å²) in [5, 5.41) is 18.9. The first-order chi connectivity index (χ1) is 11.2. The maximum absolute atomic E-state index is 11.5. The number of carbonyl (C=O) groups excluding carboxylic acids is 2. The highest BCUT2D eigenvalue weighted by Crippen LogP contribution is 2.21. The van der Waals surface area contributed by atoms with Crippen LogP contribution in [0.3, 0.4) is 0 Å². The van der Waals surface area contributed by atoms with Crippen LogP contribution in [0.2, 0.25) is 0 Å². The van der Waals surface area contributed by atoms with Crippen molar-refractivity contribution < 1.29 is 34.0 Å². The Labute approximate surface area is 142 Å². The Morgan fingerprint density at radius 3 is 1.71 bits per heavy atom. The summed E-state index contributed by atoms with van der Waals surface area (Å²) in [4.78, 5) is 23.0. The lowest BCUT2D eigenvalue weighted by Crippen LogP contribution is -2.38. The summed E-state index contributed by atoms with van der Waals surface area (Å²) < 4.78 is 15.7. The van der Waals surface area contributed by atoms with Crippen molar-refractivity contribution in [3.05, 3.63) is 24.3 Å². The zero-order valence-corrected chi connectivity index (χ0v) is 14.7. The Morgan fingerprint density at radius 1 is 1.00 bits per heavy atom. The minimum Gasteiger partial charge on any atom is -0.459 e. The van der Waals surface area contributed by atoms with Gasteiger partial charge in [0.1, 0.15) is 19.3 Å². The molecule has 0 bridgehead atoms. The van der Waals surface area contributed by atoms with Crippen LogP contribution in [0.4, 0.5) is 0 Å². The zero-order valence-electron chi connectivity index (χ0n) is 14.7. The second-order valence-electron chi connectivity index (χ2n) is 5.86. The van der Waals surface area contributed by atoms with E-state index in [1.165, 1.54) is 13.8 Å². The van der Waals surface area contributed by atoms with E-state index < -0.39 is 23.5 Å². The first-order valence-corrected chi connectivity index (χ1v) is 7.70. The molecule has 0 aromatic carbocycles. The van der Waals surface area contributed by atoms with Crippen LogP contribution in [0.25, 0.3) is 0 Å². The standard InChI is InChI=1S/C17H28O7/c1-6-17(9-18,10-19)11-24-14(7-22-15(20)12(2)3)8-23-16(21)13(4)5/h14,18-19H,2,4,6-11H2,1,3,5H3. The number of ether oxygens (including phenoxy) is 3. The molecule has 7 heteroatoms. The van der Waals surface area contributed by atoms with Gasteiger partial charge >= 0.3 is 11.9 Å². The van der Waals surface area contributed by atoms with Crippen molar-refractivity contribution >= 4 is 11.9 Å². The fourth-order valence-corrected chi connectivity index (χ4v) is 1.49. The van der Waals surface area contributed by atoms with E-state index in [1.54, 1.807) is 0 Å². The molecule has 0 heterocycles. The fourth-order valence-electron chi connectivity index (χ4n) is 1.49. The number of aliphatic hydroxyl groups is 2. The predicted octanol–water partition coefficient (Wildman–Crippen LogP) is 0.991. The van der Waals surface area contributed by atoms with Gasteiger partial charge in [0.05, 0.1) is 19.8 Å². The van der Waals surface area contributed by atoms with Crippen molar-refractivity contribution in [2.45, 2.75) is 33.3 Å². The molecule has 24 heavy (non-hydrogen) atoms. The van der Waals surface area contributed by atoms with E-state index in [0.29, 0.717) is 6.42 Å². The van der Waals surface area contributed by atoms with Crippen molar-refractivity contribution in [2.75, 3.05) is 33.0 Å². The summed E-state index contributed by atoms with van der Waals surface area (Å²) in [5.41, 5.74) is -0.336. The van der Waals surface area contributed by atoms with Crippen molar-refractivity contribution in [3.63, 3.8) is 0 Å². The maximum atomic E-state index is 11.5. The van der Waals surface area contributed by atoms with E-state index in [-0.39, 0.29) is 44.2 Å². The van der Waals surface area contributed by atoms with Crippen LogP contribution in [0.1, 0.15) is 27.2 Å². The monoisotopic (exact) mass is 344 g/mol. The van der Waals surface area contributed by atoms with Gasteiger partial charge < -0.3 is 24.4 Å². The molecule has 0 aliphatic carbocycles. The molecule has 0 atom stereocenters. The number of aliphatic hydroxyl groups excluding tert-OH is 2. The fraction of sp³-hybridized carbons (Fsp3) is 0.647. The van der Waals surface area contributed by atoms with Crippen LogP contribution in [-0.4, -0.2) is 61.3 Å². The maximum Gasteiger partial charge on any atom is 0.333 e. The molecule has 0 amide bonds. The van der Waals surface area contributed by atoms with Gasteiger partial charge in [0.2, 0.25) is 0 Å². The van der Waals surface area contributed by atoms with Crippen LogP contribution >= 0.6 is 0 Å². The van der Waals surface area contributed by atoms with E-state index in [4.69, 9.17) is 14.2 Å². The molecular formula is C17H28O7. The molecule has 0 aliphatic heterocycles. The summed E-state index contributed by atoms with van der Waals surface area (Å²) >= 11 is 0. The smallest absolute Gasteiger partial charge is 0.333 e. The van der Waals surface area contributed by atoms with E-state index in [9.17, 15) is 19.8 Å². The van der Waals surface area contributed by atoms with Gasteiger partial charge in [0.25, 0.3) is 0 Å². The molecule has 0 spiro atoms. The summed E-state index contributed by atoms with van der Waals surface area (Å²) in [5.74, 6) is -1.17. The van der Waals surface area contributed by atoms with Crippen LogP contribution in [0, 0.1) is 5.41 Å². The van der Waals surface area contributed by atoms with Gasteiger partial charge in [-0.2, -0.15) is 0 Å². The van der Waals surface area contributed by atoms with Gasteiger partial charge in [-0.3, -0.25) is 0 Å². The SMILES string of the molecule is C=C(C)C(=O)OCC(COC(=O)C(=C)C)OCC(CC)(CO)CO. The molecular weight excluding hydrogens is 316 g/mol. The van der Waals surface area contributed by atoms with E-state index >= 15 is 0 Å². The third-order valence-electron chi connectivity index (χ3n) is 3.54. The zero-order chi connectivity index (χ0) is 18.8. The minimum absolute atomic E-state index is 0.0242. The van der Waals surface area contributed by atoms with Crippen LogP contribution in [0.15, 0.2) is 24.3 Å². The Balaban J connectivity index is 4.77. The molecule has 0 aromatic rings. The molecule has 0 radical (unpaired) electrons. The van der Waals surface area contributed by atoms with Crippen LogP contribution in [0.5, 0.6) is 0 Å². The Morgan fingerprint density at radius 2 is 1.42 bits per heavy atom.